The van der Waals surface area contributed by atoms with E-state index in [0.29, 0.717) is 19.6 Å². The highest BCUT2D eigenvalue weighted by atomic mass is 16.6. The lowest BCUT2D eigenvalue weighted by atomic mass is 10.1. The molecule has 3 heterocycles. The van der Waals surface area contributed by atoms with Crippen molar-refractivity contribution < 1.29 is 9.53 Å². The quantitative estimate of drug-likeness (QED) is 0.347. The Kier molecular flexibility index (Phi) is 5.92. The number of para-hydroxylation sites is 1. The van der Waals surface area contributed by atoms with E-state index in [2.05, 4.69) is 46.3 Å². The van der Waals surface area contributed by atoms with Gasteiger partial charge in [-0.15, -0.1) is 10.2 Å². The van der Waals surface area contributed by atoms with E-state index in [4.69, 9.17) is 9.72 Å². The first-order valence-electron chi connectivity index (χ1n) is 12.5. The smallest absolute Gasteiger partial charge is 0.410 e. The van der Waals surface area contributed by atoms with E-state index in [1.165, 1.54) is 5.56 Å². The molecule has 1 saturated heterocycles. The van der Waals surface area contributed by atoms with E-state index in [1.807, 2.05) is 65.9 Å². The second kappa shape index (κ2) is 9.54. The zero-order chi connectivity index (χ0) is 25.4. The maximum absolute atomic E-state index is 12.9. The molecule has 0 aliphatic carbocycles. The standard InChI is InChI=1S/C29H28N6O2/c1-20-12-14-23(15-13-20)26-31-32-27-24-10-6-7-11-25(24)30-28(35(26)27)33-16-17-34(21(2)18-33)29(36)37-19-22-8-4-3-5-9-22/h3-15,21H,16-19H2,1-2H3. The van der Waals surface area contributed by atoms with E-state index in [-0.39, 0.29) is 18.7 Å². The monoisotopic (exact) mass is 492 g/mol. The fraction of sp³-hybridized carbons (Fsp3) is 0.241. The molecule has 1 atom stereocenters. The summed E-state index contributed by atoms with van der Waals surface area (Å²) in [4.78, 5) is 22.0. The number of hydrogen-bond donors (Lipinski definition) is 0. The number of ether oxygens (including phenoxy) is 1. The summed E-state index contributed by atoms with van der Waals surface area (Å²) in [6, 6.07) is 26.0. The summed E-state index contributed by atoms with van der Waals surface area (Å²) >= 11 is 0. The number of benzene rings is 3. The van der Waals surface area contributed by atoms with Crippen molar-refractivity contribution in [2.75, 3.05) is 24.5 Å². The van der Waals surface area contributed by atoms with Gasteiger partial charge in [0.2, 0.25) is 5.95 Å². The Labute approximate surface area is 215 Å². The molecule has 8 nitrogen and oxygen atoms in total. The third-order valence-corrected chi connectivity index (χ3v) is 6.89. The van der Waals surface area contributed by atoms with Crippen LogP contribution >= 0.6 is 0 Å². The van der Waals surface area contributed by atoms with Gasteiger partial charge < -0.3 is 14.5 Å². The fourth-order valence-corrected chi connectivity index (χ4v) is 4.88. The average Bonchev–Trinajstić information content (AvgIpc) is 3.38. The third kappa shape index (κ3) is 4.35. The Morgan fingerprint density at radius 2 is 1.70 bits per heavy atom. The van der Waals surface area contributed by atoms with Crippen LogP contribution in [0.25, 0.3) is 27.9 Å². The molecular weight excluding hydrogens is 464 g/mol. The Morgan fingerprint density at radius 1 is 0.946 bits per heavy atom. The van der Waals surface area contributed by atoms with Crippen molar-refractivity contribution in [3.05, 3.63) is 90.0 Å². The first-order chi connectivity index (χ1) is 18.1. The molecule has 0 bridgehead atoms. The third-order valence-electron chi connectivity index (χ3n) is 6.89. The van der Waals surface area contributed by atoms with Gasteiger partial charge >= 0.3 is 6.09 Å². The van der Waals surface area contributed by atoms with Crippen LogP contribution in [0, 0.1) is 6.92 Å². The second-order valence-electron chi connectivity index (χ2n) is 9.51. The summed E-state index contributed by atoms with van der Waals surface area (Å²) in [5, 5.41) is 10.1. The number of rotatable bonds is 4. The number of carbonyl (C=O) groups is 1. The molecule has 5 aromatic rings. The maximum atomic E-state index is 12.9. The molecule has 186 valence electrons. The molecule has 0 spiro atoms. The number of piperazine rings is 1. The van der Waals surface area contributed by atoms with E-state index >= 15 is 0 Å². The molecule has 37 heavy (non-hydrogen) atoms. The Hall–Kier alpha value is -4.46. The van der Waals surface area contributed by atoms with Gasteiger partial charge in [-0.25, -0.2) is 14.2 Å². The number of amides is 1. The SMILES string of the molecule is Cc1ccc(-c2nnc3c4ccccc4nc(N4CCN(C(=O)OCc5ccccc5)C(C)C4)n23)cc1. The van der Waals surface area contributed by atoms with Crippen molar-refractivity contribution in [2.45, 2.75) is 26.5 Å². The van der Waals surface area contributed by atoms with Gasteiger partial charge in [0.1, 0.15) is 6.61 Å². The highest BCUT2D eigenvalue weighted by Crippen LogP contribution is 2.29. The first kappa shape index (κ1) is 23.0. The maximum Gasteiger partial charge on any atom is 0.410 e. The largest absolute Gasteiger partial charge is 0.445 e. The van der Waals surface area contributed by atoms with Crippen LogP contribution in [0.15, 0.2) is 78.9 Å². The van der Waals surface area contributed by atoms with Crippen molar-refractivity contribution in [3.63, 3.8) is 0 Å². The van der Waals surface area contributed by atoms with Gasteiger partial charge in [-0.2, -0.15) is 0 Å². The normalized spacial score (nSPS) is 15.9. The summed E-state index contributed by atoms with van der Waals surface area (Å²) in [6.45, 7) is 6.15. The van der Waals surface area contributed by atoms with Crippen molar-refractivity contribution in [3.8, 4) is 11.4 Å². The summed E-state index contributed by atoms with van der Waals surface area (Å²) in [5.74, 6) is 1.53. The molecular formula is C29H28N6O2. The van der Waals surface area contributed by atoms with Gasteiger partial charge in [0.15, 0.2) is 11.5 Å². The predicted molar refractivity (Wildman–Crippen MR) is 143 cm³/mol. The van der Waals surface area contributed by atoms with Gasteiger partial charge in [0, 0.05) is 36.6 Å². The van der Waals surface area contributed by atoms with Crippen LogP contribution in [-0.2, 0) is 11.3 Å². The number of anilines is 1. The summed E-state index contributed by atoms with van der Waals surface area (Å²) < 4.78 is 7.65. The molecule has 8 heteroatoms. The summed E-state index contributed by atoms with van der Waals surface area (Å²) in [5.41, 5.74) is 4.78. The summed E-state index contributed by atoms with van der Waals surface area (Å²) in [7, 11) is 0. The lowest BCUT2D eigenvalue weighted by molar-refractivity contribution is 0.0793. The van der Waals surface area contributed by atoms with Gasteiger partial charge in [-0.05, 0) is 31.5 Å². The van der Waals surface area contributed by atoms with Crippen molar-refractivity contribution in [1.82, 2.24) is 24.5 Å². The average molecular weight is 493 g/mol. The fourth-order valence-electron chi connectivity index (χ4n) is 4.88. The summed E-state index contributed by atoms with van der Waals surface area (Å²) in [6.07, 6.45) is -0.294. The van der Waals surface area contributed by atoms with E-state index in [9.17, 15) is 4.79 Å². The van der Waals surface area contributed by atoms with Crippen LogP contribution in [0.2, 0.25) is 0 Å². The topological polar surface area (TPSA) is 75.9 Å². The molecule has 0 radical (unpaired) electrons. The first-order valence-corrected chi connectivity index (χ1v) is 12.5. The number of hydrogen-bond acceptors (Lipinski definition) is 6. The van der Waals surface area contributed by atoms with Crippen LogP contribution in [0.1, 0.15) is 18.1 Å². The minimum atomic E-state index is -0.294. The number of aryl methyl sites for hydroxylation is 1. The number of aromatic nitrogens is 4. The van der Waals surface area contributed by atoms with Crippen molar-refractivity contribution >= 4 is 28.6 Å². The lowest BCUT2D eigenvalue weighted by Gasteiger charge is -2.39. The molecule has 1 unspecified atom stereocenters. The number of fused-ring (bicyclic) bond motifs is 3. The molecule has 0 saturated carbocycles. The molecule has 1 aliphatic rings. The lowest BCUT2D eigenvalue weighted by Crippen LogP contribution is -2.54. The zero-order valence-electron chi connectivity index (χ0n) is 20.9. The van der Waals surface area contributed by atoms with E-state index in [1.54, 1.807) is 4.90 Å². The minimum Gasteiger partial charge on any atom is -0.445 e. The van der Waals surface area contributed by atoms with Crippen LogP contribution < -0.4 is 4.90 Å². The van der Waals surface area contributed by atoms with Crippen LogP contribution in [0.3, 0.4) is 0 Å². The Balaban J connectivity index is 1.31. The molecule has 6 rings (SSSR count). The molecule has 3 aromatic carbocycles. The van der Waals surface area contributed by atoms with Gasteiger partial charge in [-0.1, -0.05) is 72.3 Å². The Morgan fingerprint density at radius 3 is 2.49 bits per heavy atom. The van der Waals surface area contributed by atoms with Gasteiger partial charge in [0.05, 0.1) is 5.52 Å². The molecule has 1 amide bonds. The number of nitrogens with zero attached hydrogens (tertiary/aromatic N) is 6. The van der Waals surface area contributed by atoms with Gasteiger partial charge in [-0.3, -0.25) is 0 Å². The number of carbonyl (C=O) groups excluding carboxylic acids is 1. The van der Waals surface area contributed by atoms with Crippen LogP contribution in [0.5, 0.6) is 0 Å². The van der Waals surface area contributed by atoms with Crippen molar-refractivity contribution in [1.29, 1.82) is 0 Å². The molecule has 1 fully saturated rings. The van der Waals surface area contributed by atoms with Gasteiger partial charge in [0.25, 0.3) is 0 Å². The Bertz CT molecular complexity index is 1560. The van der Waals surface area contributed by atoms with Crippen LogP contribution in [0.4, 0.5) is 10.7 Å². The second-order valence-corrected chi connectivity index (χ2v) is 9.51. The molecule has 0 N–H and O–H groups in total. The van der Waals surface area contributed by atoms with E-state index in [0.717, 1.165) is 39.4 Å². The zero-order valence-corrected chi connectivity index (χ0v) is 20.9. The molecule has 2 aromatic heterocycles. The minimum absolute atomic E-state index is 0.0559. The van der Waals surface area contributed by atoms with Crippen LogP contribution in [-0.4, -0.2) is 56.3 Å². The highest BCUT2D eigenvalue weighted by Gasteiger charge is 2.31. The molecule has 1 aliphatic heterocycles. The van der Waals surface area contributed by atoms with Crippen molar-refractivity contribution in [2.24, 2.45) is 0 Å². The van der Waals surface area contributed by atoms with E-state index < -0.39 is 0 Å². The highest BCUT2D eigenvalue weighted by molar-refractivity contribution is 5.93. The predicted octanol–water partition coefficient (Wildman–Crippen LogP) is 5.10.